The quantitative estimate of drug-likeness (QED) is 0.872. The van der Waals surface area contributed by atoms with Gasteiger partial charge in [-0.25, -0.2) is 4.39 Å². The molecule has 1 N–H and O–H groups in total. The zero-order chi connectivity index (χ0) is 13.9. The molecule has 2 fully saturated rings. The lowest BCUT2D eigenvalue weighted by molar-refractivity contribution is 0.0981. The third-order valence-electron chi connectivity index (χ3n) is 4.29. The Labute approximate surface area is 140 Å². The van der Waals surface area contributed by atoms with Gasteiger partial charge in [-0.15, -0.1) is 12.4 Å². The predicted octanol–water partition coefficient (Wildman–Crippen LogP) is 2.49. The minimum atomic E-state index is -0.162. The van der Waals surface area contributed by atoms with Crippen LogP contribution in [0.5, 0.6) is 0 Å². The molecule has 2 aliphatic rings. The molecule has 0 saturated carbocycles. The van der Waals surface area contributed by atoms with Gasteiger partial charge < -0.3 is 5.32 Å². The van der Waals surface area contributed by atoms with E-state index < -0.39 is 0 Å². The van der Waals surface area contributed by atoms with E-state index >= 15 is 0 Å². The molecule has 21 heavy (non-hydrogen) atoms. The Bertz CT molecular complexity index is 440. The summed E-state index contributed by atoms with van der Waals surface area (Å²) in [7, 11) is 0. The number of nitrogens with zero attached hydrogens (tertiary/aromatic N) is 2. The molecular formula is C15H22BrClFN3. The second kappa shape index (κ2) is 7.88. The molecule has 0 amide bonds. The molecule has 1 aromatic carbocycles. The zero-order valence-electron chi connectivity index (χ0n) is 12.0. The Kier molecular flexibility index (Phi) is 6.44. The molecule has 2 saturated heterocycles. The van der Waals surface area contributed by atoms with Crippen LogP contribution in [0.25, 0.3) is 0 Å². The van der Waals surface area contributed by atoms with E-state index in [-0.39, 0.29) is 18.2 Å². The van der Waals surface area contributed by atoms with Crippen molar-refractivity contribution in [3.63, 3.8) is 0 Å². The Morgan fingerprint density at radius 1 is 1.19 bits per heavy atom. The molecule has 2 heterocycles. The van der Waals surface area contributed by atoms with Crippen LogP contribution in [0.3, 0.4) is 0 Å². The first kappa shape index (κ1) is 17.2. The lowest BCUT2D eigenvalue weighted by Gasteiger charge is -2.37. The van der Waals surface area contributed by atoms with Crippen molar-refractivity contribution in [2.75, 3.05) is 39.3 Å². The summed E-state index contributed by atoms with van der Waals surface area (Å²) in [5, 5.41) is 3.43. The fourth-order valence-electron chi connectivity index (χ4n) is 3.20. The number of hydrogen-bond acceptors (Lipinski definition) is 3. The van der Waals surface area contributed by atoms with Crippen molar-refractivity contribution in [1.82, 2.24) is 15.1 Å². The topological polar surface area (TPSA) is 18.5 Å². The number of hydrogen-bond donors (Lipinski definition) is 1. The molecular weight excluding hydrogens is 357 g/mol. The Morgan fingerprint density at radius 3 is 2.57 bits per heavy atom. The van der Waals surface area contributed by atoms with Gasteiger partial charge in [0.15, 0.2) is 0 Å². The molecule has 3 rings (SSSR count). The van der Waals surface area contributed by atoms with E-state index in [1.807, 2.05) is 6.07 Å². The van der Waals surface area contributed by atoms with Gasteiger partial charge >= 0.3 is 0 Å². The van der Waals surface area contributed by atoms with Crippen LogP contribution in [-0.4, -0.2) is 55.1 Å². The molecule has 1 unspecified atom stereocenters. The lowest BCUT2D eigenvalue weighted by atomic mass is 10.1. The Balaban J connectivity index is 0.00000161. The third-order valence-corrected chi connectivity index (χ3v) is 4.74. The van der Waals surface area contributed by atoms with E-state index in [9.17, 15) is 4.39 Å². The molecule has 1 atom stereocenters. The molecule has 0 radical (unpaired) electrons. The van der Waals surface area contributed by atoms with Crippen molar-refractivity contribution in [2.45, 2.75) is 19.0 Å². The first-order valence-corrected chi connectivity index (χ1v) is 8.12. The molecule has 1 aromatic rings. The summed E-state index contributed by atoms with van der Waals surface area (Å²) >= 11 is 3.36. The van der Waals surface area contributed by atoms with Gasteiger partial charge in [0.25, 0.3) is 0 Å². The number of halogens is 3. The van der Waals surface area contributed by atoms with Gasteiger partial charge in [0.2, 0.25) is 0 Å². The maximum atomic E-state index is 13.4. The monoisotopic (exact) mass is 377 g/mol. The molecule has 2 aliphatic heterocycles. The molecule has 3 nitrogen and oxygen atoms in total. The van der Waals surface area contributed by atoms with Crippen LogP contribution in [-0.2, 0) is 6.54 Å². The third kappa shape index (κ3) is 4.63. The predicted molar refractivity (Wildman–Crippen MR) is 89.5 cm³/mol. The average molecular weight is 379 g/mol. The Morgan fingerprint density at radius 2 is 1.95 bits per heavy atom. The van der Waals surface area contributed by atoms with E-state index in [0.29, 0.717) is 0 Å². The highest BCUT2D eigenvalue weighted by atomic mass is 79.9. The first-order chi connectivity index (χ1) is 9.70. The van der Waals surface area contributed by atoms with E-state index in [0.717, 1.165) is 61.9 Å². The number of rotatable bonds is 3. The van der Waals surface area contributed by atoms with E-state index in [4.69, 9.17) is 0 Å². The number of benzene rings is 1. The van der Waals surface area contributed by atoms with Crippen LogP contribution in [0, 0.1) is 5.82 Å². The van der Waals surface area contributed by atoms with E-state index in [1.165, 1.54) is 12.5 Å². The van der Waals surface area contributed by atoms with Gasteiger partial charge in [-0.1, -0.05) is 15.9 Å². The van der Waals surface area contributed by atoms with Crippen molar-refractivity contribution in [1.29, 1.82) is 0 Å². The second-order valence-electron chi connectivity index (χ2n) is 5.74. The van der Waals surface area contributed by atoms with Crippen LogP contribution in [0.4, 0.5) is 4.39 Å². The summed E-state index contributed by atoms with van der Waals surface area (Å²) in [6, 6.07) is 5.88. The molecule has 118 valence electrons. The standard InChI is InChI=1S/C15H21BrFN3.ClH/c16-13-7-12(8-14(17)9-13)11-19-3-5-20(6-4-19)15-1-2-18-10-15;/h7-9,15,18H,1-6,10-11H2;1H. The van der Waals surface area contributed by atoms with Crippen molar-refractivity contribution >= 4 is 28.3 Å². The van der Waals surface area contributed by atoms with Gasteiger partial charge in [-0.3, -0.25) is 9.80 Å². The largest absolute Gasteiger partial charge is 0.315 e. The van der Waals surface area contributed by atoms with Gasteiger partial charge in [-0.05, 0) is 36.7 Å². The van der Waals surface area contributed by atoms with Crippen LogP contribution in [0.1, 0.15) is 12.0 Å². The summed E-state index contributed by atoms with van der Waals surface area (Å²) < 4.78 is 14.2. The highest BCUT2D eigenvalue weighted by molar-refractivity contribution is 9.10. The lowest BCUT2D eigenvalue weighted by Crippen LogP contribution is -2.50. The summed E-state index contributed by atoms with van der Waals surface area (Å²) in [6.45, 7) is 7.53. The maximum Gasteiger partial charge on any atom is 0.124 e. The molecule has 0 bridgehead atoms. The Hall–Kier alpha value is -0.200. The van der Waals surface area contributed by atoms with Crippen LogP contribution < -0.4 is 5.32 Å². The molecule has 0 aromatic heterocycles. The van der Waals surface area contributed by atoms with Crippen molar-refractivity contribution < 1.29 is 4.39 Å². The van der Waals surface area contributed by atoms with E-state index in [1.54, 1.807) is 6.07 Å². The fourth-order valence-corrected chi connectivity index (χ4v) is 3.71. The summed E-state index contributed by atoms with van der Waals surface area (Å²) in [6.07, 6.45) is 1.27. The smallest absolute Gasteiger partial charge is 0.124 e. The van der Waals surface area contributed by atoms with Gasteiger partial charge in [0.1, 0.15) is 5.82 Å². The zero-order valence-corrected chi connectivity index (χ0v) is 14.4. The minimum absolute atomic E-state index is 0. The van der Waals surface area contributed by atoms with Crippen molar-refractivity contribution in [3.8, 4) is 0 Å². The highest BCUT2D eigenvalue weighted by Gasteiger charge is 2.25. The van der Waals surface area contributed by atoms with Gasteiger partial charge in [0.05, 0.1) is 0 Å². The fraction of sp³-hybridized carbons (Fsp3) is 0.600. The normalized spacial score (nSPS) is 24.0. The van der Waals surface area contributed by atoms with Crippen molar-refractivity contribution in [2.24, 2.45) is 0 Å². The number of nitrogens with one attached hydrogen (secondary N) is 1. The number of piperazine rings is 1. The minimum Gasteiger partial charge on any atom is -0.315 e. The summed E-state index contributed by atoms with van der Waals surface area (Å²) in [4.78, 5) is 5.01. The maximum absolute atomic E-state index is 13.4. The highest BCUT2D eigenvalue weighted by Crippen LogP contribution is 2.18. The van der Waals surface area contributed by atoms with Gasteiger partial charge in [-0.2, -0.15) is 0 Å². The molecule has 0 spiro atoms. The first-order valence-electron chi connectivity index (χ1n) is 7.33. The van der Waals surface area contributed by atoms with Crippen molar-refractivity contribution in [3.05, 3.63) is 34.1 Å². The van der Waals surface area contributed by atoms with Gasteiger partial charge in [0, 0.05) is 49.8 Å². The van der Waals surface area contributed by atoms with Crippen LogP contribution in [0.2, 0.25) is 0 Å². The molecule has 0 aliphatic carbocycles. The van der Waals surface area contributed by atoms with Crippen LogP contribution in [0.15, 0.2) is 22.7 Å². The summed E-state index contributed by atoms with van der Waals surface area (Å²) in [5.41, 5.74) is 1.05. The molecule has 6 heteroatoms. The summed E-state index contributed by atoms with van der Waals surface area (Å²) in [5.74, 6) is -0.162. The van der Waals surface area contributed by atoms with Crippen LogP contribution >= 0.6 is 28.3 Å². The SMILES string of the molecule is Cl.Fc1cc(Br)cc(CN2CCN(C3CCNC3)CC2)c1. The second-order valence-corrected chi connectivity index (χ2v) is 6.65. The van der Waals surface area contributed by atoms with E-state index in [2.05, 4.69) is 31.0 Å². The average Bonchev–Trinajstić information content (AvgIpc) is 2.92.